The van der Waals surface area contributed by atoms with E-state index in [2.05, 4.69) is 0 Å². The molecule has 2 aliphatic rings. The highest BCUT2D eigenvalue weighted by molar-refractivity contribution is 5.78. The van der Waals surface area contributed by atoms with Crippen LogP contribution in [0, 0.1) is 5.92 Å². The second-order valence-electron chi connectivity index (χ2n) is 6.83. The van der Waals surface area contributed by atoms with Gasteiger partial charge in [-0.2, -0.15) is 13.2 Å². The maximum Gasteiger partial charge on any atom is 0.406 e. The van der Waals surface area contributed by atoms with Crippen molar-refractivity contribution >= 4 is 5.91 Å². The van der Waals surface area contributed by atoms with Gasteiger partial charge in [-0.15, -0.1) is 0 Å². The van der Waals surface area contributed by atoms with Gasteiger partial charge < -0.3 is 14.7 Å². The first-order chi connectivity index (χ1) is 10.6. The predicted molar refractivity (Wildman–Crippen MR) is 77.8 cm³/mol. The van der Waals surface area contributed by atoms with Crippen LogP contribution in [0.2, 0.25) is 0 Å². The number of rotatable bonds is 4. The zero-order valence-electron chi connectivity index (χ0n) is 13.6. The van der Waals surface area contributed by atoms with Crippen molar-refractivity contribution < 1.29 is 27.8 Å². The van der Waals surface area contributed by atoms with E-state index in [-0.39, 0.29) is 18.5 Å². The SMILES string of the molecule is CN(CC(F)(F)F)C(=O)CN1CCC[C@@H]1[C@@H]1COCC[C@]1(C)O. The van der Waals surface area contributed by atoms with Crippen LogP contribution in [0.5, 0.6) is 0 Å². The second kappa shape index (κ2) is 6.94. The Morgan fingerprint density at radius 3 is 2.78 bits per heavy atom. The minimum atomic E-state index is -4.39. The van der Waals surface area contributed by atoms with E-state index in [1.54, 1.807) is 6.92 Å². The molecule has 23 heavy (non-hydrogen) atoms. The Bertz CT molecular complexity index is 429. The molecule has 5 nitrogen and oxygen atoms in total. The number of aliphatic hydroxyl groups is 1. The first-order valence-electron chi connectivity index (χ1n) is 7.95. The van der Waals surface area contributed by atoms with Gasteiger partial charge in [-0.05, 0) is 32.7 Å². The van der Waals surface area contributed by atoms with Crippen molar-refractivity contribution in [3.63, 3.8) is 0 Å². The molecule has 2 saturated heterocycles. The Labute approximate surface area is 134 Å². The summed E-state index contributed by atoms with van der Waals surface area (Å²) < 4.78 is 42.6. The van der Waals surface area contributed by atoms with Crippen LogP contribution in [0.25, 0.3) is 0 Å². The molecule has 1 N–H and O–H groups in total. The fourth-order valence-corrected chi connectivity index (χ4v) is 3.53. The van der Waals surface area contributed by atoms with Gasteiger partial charge in [0.1, 0.15) is 6.54 Å². The van der Waals surface area contributed by atoms with Crippen molar-refractivity contribution in [3.8, 4) is 0 Å². The third-order valence-electron chi connectivity index (χ3n) is 4.91. The Balaban J connectivity index is 1.97. The summed E-state index contributed by atoms with van der Waals surface area (Å²) in [5.74, 6) is -0.676. The predicted octanol–water partition coefficient (Wildman–Crippen LogP) is 1.26. The first kappa shape index (κ1) is 18.5. The van der Waals surface area contributed by atoms with Gasteiger partial charge in [0.05, 0.1) is 18.8 Å². The van der Waals surface area contributed by atoms with Gasteiger partial charge in [-0.1, -0.05) is 0 Å². The molecule has 0 saturated carbocycles. The summed E-state index contributed by atoms with van der Waals surface area (Å²) in [4.78, 5) is 14.7. The third-order valence-corrected chi connectivity index (χ3v) is 4.91. The number of hydrogen-bond donors (Lipinski definition) is 1. The summed E-state index contributed by atoms with van der Waals surface area (Å²) >= 11 is 0. The summed E-state index contributed by atoms with van der Waals surface area (Å²) in [6.07, 6.45) is -2.17. The highest BCUT2D eigenvalue weighted by atomic mass is 19.4. The molecule has 2 heterocycles. The first-order valence-corrected chi connectivity index (χ1v) is 7.95. The number of amides is 1. The normalized spacial score (nSPS) is 33.0. The Morgan fingerprint density at radius 1 is 1.48 bits per heavy atom. The van der Waals surface area contributed by atoms with Crippen LogP contribution in [0.3, 0.4) is 0 Å². The molecule has 0 radical (unpaired) electrons. The fourth-order valence-electron chi connectivity index (χ4n) is 3.53. The van der Waals surface area contributed by atoms with Crippen molar-refractivity contribution in [1.82, 2.24) is 9.80 Å². The van der Waals surface area contributed by atoms with Crippen LogP contribution >= 0.6 is 0 Å². The van der Waals surface area contributed by atoms with Crippen LogP contribution in [0.4, 0.5) is 13.2 Å². The van der Waals surface area contributed by atoms with Gasteiger partial charge in [-0.3, -0.25) is 9.69 Å². The lowest BCUT2D eigenvalue weighted by Crippen LogP contribution is -2.54. The maximum atomic E-state index is 12.4. The van der Waals surface area contributed by atoms with Crippen molar-refractivity contribution in [2.45, 2.75) is 44.0 Å². The highest BCUT2D eigenvalue weighted by Crippen LogP contribution is 2.35. The van der Waals surface area contributed by atoms with Crippen molar-refractivity contribution in [2.75, 3.05) is 39.9 Å². The van der Waals surface area contributed by atoms with E-state index in [1.807, 2.05) is 4.90 Å². The zero-order valence-corrected chi connectivity index (χ0v) is 13.6. The molecule has 2 fully saturated rings. The number of carbonyl (C=O) groups is 1. The van der Waals surface area contributed by atoms with E-state index in [9.17, 15) is 23.1 Å². The smallest absolute Gasteiger partial charge is 0.390 e. The highest BCUT2D eigenvalue weighted by Gasteiger charge is 2.44. The minimum absolute atomic E-state index is 0.0338. The number of ether oxygens (including phenoxy) is 1. The molecule has 0 aromatic heterocycles. The van der Waals surface area contributed by atoms with E-state index in [4.69, 9.17) is 4.74 Å². The number of nitrogens with zero attached hydrogens (tertiary/aromatic N) is 2. The molecule has 8 heteroatoms. The molecule has 0 unspecified atom stereocenters. The van der Waals surface area contributed by atoms with Crippen LogP contribution < -0.4 is 0 Å². The maximum absolute atomic E-state index is 12.4. The van der Waals surface area contributed by atoms with E-state index < -0.39 is 24.2 Å². The molecule has 134 valence electrons. The zero-order chi connectivity index (χ0) is 17.3. The monoisotopic (exact) mass is 338 g/mol. The average Bonchev–Trinajstić information content (AvgIpc) is 2.84. The molecule has 0 aromatic carbocycles. The van der Waals surface area contributed by atoms with Crippen molar-refractivity contribution in [3.05, 3.63) is 0 Å². The number of likely N-dealkylation sites (tertiary alicyclic amines) is 1. The van der Waals surface area contributed by atoms with E-state index in [0.29, 0.717) is 31.1 Å². The number of halogens is 3. The van der Waals surface area contributed by atoms with Crippen LogP contribution in [0.1, 0.15) is 26.2 Å². The molecule has 2 rings (SSSR count). The summed E-state index contributed by atoms with van der Waals surface area (Å²) in [7, 11) is 1.17. The summed E-state index contributed by atoms with van der Waals surface area (Å²) in [5.41, 5.74) is -0.869. The summed E-state index contributed by atoms with van der Waals surface area (Å²) in [5, 5.41) is 10.6. The lowest BCUT2D eigenvalue weighted by molar-refractivity contribution is -0.160. The number of hydrogen-bond acceptors (Lipinski definition) is 4. The lowest BCUT2D eigenvalue weighted by atomic mass is 9.79. The molecular weight excluding hydrogens is 313 g/mol. The lowest BCUT2D eigenvalue weighted by Gasteiger charge is -2.43. The Morgan fingerprint density at radius 2 is 2.17 bits per heavy atom. The van der Waals surface area contributed by atoms with Crippen LogP contribution in [-0.4, -0.2) is 78.5 Å². The fraction of sp³-hybridized carbons (Fsp3) is 0.933. The average molecular weight is 338 g/mol. The topological polar surface area (TPSA) is 53.0 Å². The largest absolute Gasteiger partial charge is 0.406 e. The van der Waals surface area contributed by atoms with Crippen LogP contribution in [-0.2, 0) is 9.53 Å². The summed E-state index contributed by atoms with van der Waals surface area (Å²) in [6.45, 7) is 2.06. The molecular formula is C15H25F3N2O3. The molecule has 0 aromatic rings. The van der Waals surface area contributed by atoms with Gasteiger partial charge in [0.2, 0.25) is 5.91 Å². The number of alkyl halides is 3. The van der Waals surface area contributed by atoms with Gasteiger partial charge in [0.15, 0.2) is 0 Å². The number of carbonyl (C=O) groups excluding carboxylic acids is 1. The molecule has 2 aliphatic heterocycles. The van der Waals surface area contributed by atoms with Gasteiger partial charge >= 0.3 is 6.18 Å². The number of likely N-dealkylation sites (N-methyl/N-ethyl adjacent to an activating group) is 1. The molecule has 0 aliphatic carbocycles. The van der Waals surface area contributed by atoms with Crippen molar-refractivity contribution in [2.24, 2.45) is 5.92 Å². The molecule has 3 atom stereocenters. The van der Waals surface area contributed by atoms with Gasteiger partial charge in [-0.25, -0.2) is 0 Å². The minimum Gasteiger partial charge on any atom is -0.390 e. The molecule has 1 amide bonds. The van der Waals surface area contributed by atoms with Gasteiger partial charge in [0, 0.05) is 25.6 Å². The van der Waals surface area contributed by atoms with E-state index in [1.165, 1.54) is 7.05 Å². The van der Waals surface area contributed by atoms with E-state index >= 15 is 0 Å². The Hall–Kier alpha value is -0.860. The van der Waals surface area contributed by atoms with Gasteiger partial charge in [0.25, 0.3) is 0 Å². The molecule has 0 bridgehead atoms. The quantitative estimate of drug-likeness (QED) is 0.839. The Kier molecular flexibility index (Phi) is 5.58. The summed E-state index contributed by atoms with van der Waals surface area (Å²) in [6, 6.07) is -0.0338. The second-order valence-corrected chi connectivity index (χ2v) is 6.83. The van der Waals surface area contributed by atoms with E-state index in [0.717, 1.165) is 12.8 Å². The van der Waals surface area contributed by atoms with Crippen LogP contribution in [0.15, 0.2) is 0 Å². The third kappa shape index (κ3) is 4.81. The molecule has 0 spiro atoms. The standard InChI is InChI=1S/C15H25F3N2O3/c1-14(22)5-7-23-9-11(14)12-4-3-6-20(12)8-13(21)19(2)10-15(16,17)18/h11-12,22H,3-10H2,1-2H3/t11-,12+,14-/m0/s1. The van der Waals surface area contributed by atoms with Crippen molar-refractivity contribution in [1.29, 1.82) is 0 Å².